The molecule has 98 valence electrons. The fourth-order valence-electron chi connectivity index (χ4n) is 1.80. The van der Waals surface area contributed by atoms with Crippen LogP contribution in [0.15, 0.2) is 48.5 Å². The highest BCUT2D eigenvalue weighted by Crippen LogP contribution is 2.18. The van der Waals surface area contributed by atoms with Crippen molar-refractivity contribution in [2.75, 3.05) is 18.5 Å². The molecule has 0 amide bonds. The number of rotatable bonds is 4. The molecule has 4 heteroatoms. The SMILES string of the molecule is CN(CC(=O)c1ccc(O)cc1)c1ccccc1F. The van der Waals surface area contributed by atoms with Crippen molar-refractivity contribution < 1.29 is 14.3 Å². The van der Waals surface area contributed by atoms with Crippen LogP contribution in [0.5, 0.6) is 5.75 Å². The lowest BCUT2D eigenvalue weighted by Crippen LogP contribution is -2.26. The van der Waals surface area contributed by atoms with Gasteiger partial charge < -0.3 is 10.0 Å². The standard InChI is InChI=1S/C15H14FNO2/c1-17(14-5-3-2-4-13(14)16)10-15(19)11-6-8-12(18)9-7-11/h2-9,18H,10H2,1H3. The number of nitrogens with zero attached hydrogens (tertiary/aromatic N) is 1. The summed E-state index contributed by atoms with van der Waals surface area (Å²) in [5.74, 6) is -0.381. The first-order valence-electron chi connectivity index (χ1n) is 5.86. The highest BCUT2D eigenvalue weighted by atomic mass is 19.1. The van der Waals surface area contributed by atoms with E-state index in [1.54, 1.807) is 42.3 Å². The smallest absolute Gasteiger partial charge is 0.182 e. The number of phenolic OH excluding ortho intramolecular Hbond substituents is 1. The zero-order valence-corrected chi connectivity index (χ0v) is 10.5. The van der Waals surface area contributed by atoms with E-state index in [0.29, 0.717) is 11.3 Å². The van der Waals surface area contributed by atoms with Crippen LogP contribution in [0.1, 0.15) is 10.4 Å². The fraction of sp³-hybridized carbons (Fsp3) is 0.133. The number of benzene rings is 2. The predicted octanol–water partition coefficient (Wildman–Crippen LogP) is 2.85. The molecule has 0 bridgehead atoms. The molecule has 0 atom stereocenters. The molecule has 2 aromatic carbocycles. The quantitative estimate of drug-likeness (QED) is 0.858. The van der Waals surface area contributed by atoms with Crippen LogP contribution in [-0.2, 0) is 0 Å². The molecule has 0 aliphatic heterocycles. The summed E-state index contributed by atoms with van der Waals surface area (Å²) in [5, 5.41) is 9.16. The molecule has 0 saturated heterocycles. The molecular weight excluding hydrogens is 245 g/mol. The van der Waals surface area contributed by atoms with E-state index in [9.17, 15) is 9.18 Å². The molecule has 0 heterocycles. The lowest BCUT2D eigenvalue weighted by molar-refractivity contribution is 0.100. The number of carbonyl (C=O) groups excluding carboxylic acids is 1. The van der Waals surface area contributed by atoms with Crippen LogP contribution in [0.25, 0.3) is 0 Å². The Labute approximate surface area is 110 Å². The first kappa shape index (κ1) is 13.1. The van der Waals surface area contributed by atoms with Crippen LogP contribution in [-0.4, -0.2) is 24.5 Å². The van der Waals surface area contributed by atoms with Crippen LogP contribution in [0.2, 0.25) is 0 Å². The molecule has 0 unspecified atom stereocenters. The predicted molar refractivity (Wildman–Crippen MR) is 72.1 cm³/mol. The summed E-state index contributed by atoms with van der Waals surface area (Å²) in [4.78, 5) is 13.6. The number of aromatic hydroxyl groups is 1. The van der Waals surface area contributed by atoms with Gasteiger partial charge in [0.1, 0.15) is 11.6 Å². The Bertz CT molecular complexity index is 581. The maximum absolute atomic E-state index is 13.6. The molecule has 0 aliphatic carbocycles. The first-order valence-corrected chi connectivity index (χ1v) is 5.86. The molecular formula is C15H14FNO2. The van der Waals surface area contributed by atoms with Crippen LogP contribution in [0.4, 0.5) is 10.1 Å². The summed E-state index contributed by atoms with van der Waals surface area (Å²) in [6, 6.07) is 12.3. The summed E-state index contributed by atoms with van der Waals surface area (Å²) in [6.45, 7) is 0.0751. The molecule has 3 nitrogen and oxygen atoms in total. The van der Waals surface area contributed by atoms with E-state index in [-0.39, 0.29) is 23.9 Å². The minimum Gasteiger partial charge on any atom is -0.508 e. The van der Waals surface area contributed by atoms with E-state index in [2.05, 4.69) is 0 Å². The molecule has 0 fully saturated rings. The lowest BCUT2D eigenvalue weighted by Gasteiger charge is -2.18. The van der Waals surface area contributed by atoms with Crippen molar-refractivity contribution in [3.63, 3.8) is 0 Å². The van der Waals surface area contributed by atoms with E-state index in [4.69, 9.17) is 5.11 Å². The molecule has 0 aromatic heterocycles. The number of Topliss-reactive ketones (excluding diaryl/α,β-unsaturated/α-hetero) is 1. The number of para-hydroxylation sites is 1. The monoisotopic (exact) mass is 259 g/mol. The van der Waals surface area contributed by atoms with Crippen molar-refractivity contribution in [3.8, 4) is 5.75 Å². The van der Waals surface area contributed by atoms with Gasteiger partial charge in [-0.15, -0.1) is 0 Å². The Morgan fingerprint density at radius 3 is 2.42 bits per heavy atom. The molecule has 0 spiro atoms. The van der Waals surface area contributed by atoms with E-state index in [0.717, 1.165) is 0 Å². The minimum absolute atomic E-state index is 0.0751. The van der Waals surface area contributed by atoms with Gasteiger partial charge in [0.2, 0.25) is 0 Å². The molecule has 0 saturated carbocycles. The minimum atomic E-state index is -0.358. The summed E-state index contributed by atoms with van der Waals surface area (Å²) >= 11 is 0. The Hall–Kier alpha value is -2.36. The Kier molecular flexibility index (Phi) is 3.80. The molecule has 0 aliphatic rings. The van der Waals surface area contributed by atoms with Crippen molar-refractivity contribution in [1.82, 2.24) is 0 Å². The fourth-order valence-corrected chi connectivity index (χ4v) is 1.80. The number of halogens is 1. The van der Waals surface area contributed by atoms with Crippen LogP contribution in [0.3, 0.4) is 0 Å². The third kappa shape index (κ3) is 3.10. The maximum Gasteiger partial charge on any atom is 0.182 e. The summed E-state index contributed by atoms with van der Waals surface area (Å²) in [7, 11) is 1.66. The van der Waals surface area contributed by atoms with Crippen molar-refractivity contribution in [2.24, 2.45) is 0 Å². The second kappa shape index (κ2) is 5.52. The Morgan fingerprint density at radius 2 is 1.79 bits per heavy atom. The Balaban J connectivity index is 2.11. The number of hydrogen-bond acceptors (Lipinski definition) is 3. The van der Waals surface area contributed by atoms with E-state index in [1.165, 1.54) is 18.2 Å². The topological polar surface area (TPSA) is 40.5 Å². The van der Waals surface area contributed by atoms with Crippen molar-refractivity contribution in [1.29, 1.82) is 0 Å². The summed E-state index contributed by atoms with van der Waals surface area (Å²) in [5.41, 5.74) is 0.871. The zero-order valence-electron chi connectivity index (χ0n) is 10.5. The van der Waals surface area contributed by atoms with Gasteiger partial charge in [0.05, 0.1) is 12.2 Å². The highest BCUT2D eigenvalue weighted by molar-refractivity contribution is 5.99. The molecule has 0 radical (unpaired) electrons. The molecule has 2 rings (SSSR count). The average molecular weight is 259 g/mol. The third-order valence-corrected chi connectivity index (χ3v) is 2.83. The van der Waals surface area contributed by atoms with Crippen molar-refractivity contribution in [3.05, 3.63) is 59.9 Å². The van der Waals surface area contributed by atoms with Crippen molar-refractivity contribution >= 4 is 11.5 Å². The van der Waals surface area contributed by atoms with Gasteiger partial charge in [-0.25, -0.2) is 4.39 Å². The van der Waals surface area contributed by atoms with Gasteiger partial charge in [-0.2, -0.15) is 0 Å². The van der Waals surface area contributed by atoms with Gasteiger partial charge in [-0.05, 0) is 36.4 Å². The number of hydrogen-bond donors (Lipinski definition) is 1. The number of ketones is 1. The van der Waals surface area contributed by atoms with E-state index in [1.807, 2.05) is 0 Å². The number of phenols is 1. The largest absolute Gasteiger partial charge is 0.508 e. The van der Waals surface area contributed by atoms with Gasteiger partial charge in [0.15, 0.2) is 5.78 Å². The van der Waals surface area contributed by atoms with Crippen molar-refractivity contribution in [2.45, 2.75) is 0 Å². The van der Waals surface area contributed by atoms with E-state index >= 15 is 0 Å². The third-order valence-electron chi connectivity index (χ3n) is 2.83. The highest BCUT2D eigenvalue weighted by Gasteiger charge is 2.12. The molecule has 1 N–H and O–H groups in total. The van der Waals surface area contributed by atoms with Gasteiger partial charge in [0.25, 0.3) is 0 Å². The van der Waals surface area contributed by atoms with Gasteiger partial charge in [-0.3, -0.25) is 4.79 Å². The van der Waals surface area contributed by atoms with Gasteiger partial charge in [-0.1, -0.05) is 12.1 Å². The van der Waals surface area contributed by atoms with Gasteiger partial charge in [0, 0.05) is 12.6 Å². The number of anilines is 1. The molecule has 19 heavy (non-hydrogen) atoms. The first-order chi connectivity index (χ1) is 9.08. The maximum atomic E-state index is 13.6. The number of carbonyl (C=O) groups is 1. The van der Waals surface area contributed by atoms with Crippen LogP contribution >= 0.6 is 0 Å². The second-order valence-electron chi connectivity index (χ2n) is 4.28. The zero-order chi connectivity index (χ0) is 13.8. The number of likely N-dealkylation sites (N-methyl/N-ethyl adjacent to an activating group) is 1. The van der Waals surface area contributed by atoms with Gasteiger partial charge >= 0.3 is 0 Å². The lowest BCUT2D eigenvalue weighted by atomic mass is 10.1. The van der Waals surface area contributed by atoms with E-state index < -0.39 is 0 Å². The molecule has 2 aromatic rings. The normalized spacial score (nSPS) is 10.2. The summed E-state index contributed by atoms with van der Waals surface area (Å²) in [6.07, 6.45) is 0. The van der Waals surface area contributed by atoms with Crippen LogP contribution in [0, 0.1) is 5.82 Å². The second-order valence-corrected chi connectivity index (χ2v) is 4.28. The van der Waals surface area contributed by atoms with Crippen LogP contribution < -0.4 is 4.90 Å². The summed E-state index contributed by atoms with van der Waals surface area (Å²) < 4.78 is 13.6. The Morgan fingerprint density at radius 1 is 1.16 bits per heavy atom. The average Bonchev–Trinajstić information content (AvgIpc) is 2.39.